The normalized spacial score (nSPS) is 31.0. The maximum Gasteiger partial charge on any atom is 0.236 e. The summed E-state index contributed by atoms with van der Waals surface area (Å²) in [4.78, 5) is 21.5. The molecule has 7 heteroatoms. The molecule has 0 spiro atoms. The molecule has 0 radical (unpaired) electrons. The Morgan fingerprint density at radius 2 is 1.74 bits per heavy atom. The number of aliphatic hydroxyl groups excluding tert-OH is 1. The maximum atomic E-state index is 13.1. The summed E-state index contributed by atoms with van der Waals surface area (Å²) in [5, 5.41) is 20.3. The van der Waals surface area contributed by atoms with Gasteiger partial charge in [-0.15, -0.1) is 0 Å². The van der Waals surface area contributed by atoms with Crippen LogP contribution in [-0.4, -0.2) is 62.6 Å². The van der Waals surface area contributed by atoms with E-state index in [-0.39, 0.29) is 17.4 Å². The van der Waals surface area contributed by atoms with Gasteiger partial charge in [0.05, 0.1) is 36.3 Å². The number of amides is 1. The average Bonchev–Trinajstić information content (AvgIpc) is 3.26. The smallest absolute Gasteiger partial charge is 0.236 e. The minimum absolute atomic E-state index is 0.0596. The Labute approximate surface area is 207 Å². The van der Waals surface area contributed by atoms with Crippen LogP contribution in [0.3, 0.4) is 0 Å². The monoisotopic (exact) mass is 473 g/mol. The van der Waals surface area contributed by atoms with Crippen LogP contribution in [0.15, 0.2) is 36.8 Å². The summed E-state index contributed by atoms with van der Waals surface area (Å²) in [7, 11) is 0. The zero-order valence-electron chi connectivity index (χ0n) is 20.4. The number of nitrogens with zero attached hydrogens (tertiary/aromatic N) is 5. The van der Waals surface area contributed by atoms with E-state index in [4.69, 9.17) is 5.26 Å². The van der Waals surface area contributed by atoms with Gasteiger partial charge in [-0.1, -0.05) is 12.1 Å². The van der Waals surface area contributed by atoms with E-state index in [0.29, 0.717) is 38.3 Å². The van der Waals surface area contributed by atoms with Crippen molar-refractivity contribution in [2.45, 2.75) is 57.7 Å². The van der Waals surface area contributed by atoms with Gasteiger partial charge in [0.15, 0.2) is 0 Å². The molecule has 1 saturated heterocycles. The fourth-order valence-electron chi connectivity index (χ4n) is 7.81. The number of carbonyl (C=O) groups is 1. The van der Waals surface area contributed by atoms with Crippen molar-refractivity contribution in [1.82, 2.24) is 19.4 Å². The Kier molecular flexibility index (Phi) is 5.90. The summed E-state index contributed by atoms with van der Waals surface area (Å²) in [6, 6.07) is 9.77. The van der Waals surface area contributed by atoms with Crippen LogP contribution in [0.2, 0.25) is 0 Å². The highest BCUT2D eigenvalue weighted by molar-refractivity contribution is 5.79. The lowest BCUT2D eigenvalue weighted by molar-refractivity contribution is -0.148. The van der Waals surface area contributed by atoms with Crippen LogP contribution >= 0.6 is 0 Å². The minimum Gasteiger partial charge on any atom is -0.391 e. The van der Waals surface area contributed by atoms with Gasteiger partial charge in [-0.05, 0) is 79.4 Å². The Hall–Kier alpha value is -2.69. The number of carbonyl (C=O) groups excluding carboxylic acids is 1. The van der Waals surface area contributed by atoms with Crippen molar-refractivity contribution in [3.05, 3.63) is 53.6 Å². The van der Waals surface area contributed by atoms with Crippen molar-refractivity contribution in [3.8, 4) is 6.07 Å². The van der Waals surface area contributed by atoms with Gasteiger partial charge in [-0.2, -0.15) is 5.26 Å². The van der Waals surface area contributed by atoms with Crippen LogP contribution < -0.4 is 0 Å². The van der Waals surface area contributed by atoms with Gasteiger partial charge in [-0.25, -0.2) is 4.98 Å². The van der Waals surface area contributed by atoms with Crippen LogP contribution in [0.25, 0.3) is 0 Å². The molecule has 35 heavy (non-hydrogen) atoms. The summed E-state index contributed by atoms with van der Waals surface area (Å²) in [6.07, 6.45) is 10.9. The first-order valence-corrected chi connectivity index (χ1v) is 13.2. The van der Waals surface area contributed by atoms with E-state index < -0.39 is 0 Å². The average molecular weight is 474 g/mol. The number of aliphatic hydroxyl groups is 1. The van der Waals surface area contributed by atoms with Crippen LogP contribution in [-0.2, 0) is 17.9 Å². The molecule has 2 heterocycles. The molecular weight excluding hydrogens is 438 g/mol. The topological polar surface area (TPSA) is 85.4 Å². The second-order valence-electron chi connectivity index (χ2n) is 11.7. The SMILES string of the molecule is N#Cc1ccc(Cn2cncc2CN2CCN(CC(O)C34CC5CC(CC(C5)C3)C4)C(=O)C2)cc1. The lowest BCUT2D eigenvalue weighted by Crippen LogP contribution is -2.57. The molecule has 1 amide bonds. The molecule has 7 rings (SSSR count). The first-order chi connectivity index (χ1) is 17.0. The van der Waals surface area contributed by atoms with E-state index in [2.05, 4.69) is 20.5 Å². The van der Waals surface area contributed by atoms with Gasteiger partial charge in [0, 0.05) is 38.9 Å². The number of piperazine rings is 1. The molecule has 1 aromatic carbocycles. The molecule has 1 aromatic heterocycles. The minimum atomic E-state index is -0.389. The third-order valence-electron chi connectivity index (χ3n) is 9.20. The third-order valence-corrected chi connectivity index (χ3v) is 9.20. The highest BCUT2D eigenvalue weighted by Crippen LogP contribution is 2.61. The molecule has 5 aliphatic rings. The van der Waals surface area contributed by atoms with Gasteiger partial charge >= 0.3 is 0 Å². The zero-order chi connectivity index (χ0) is 24.0. The van der Waals surface area contributed by atoms with E-state index in [0.717, 1.165) is 35.6 Å². The second kappa shape index (κ2) is 9.07. The Bertz CT molecular complexity index is 1080. The van der Waals surface area contributed by atoms with E-state index in [9.17, 15) is 9.90 Å². The number of aromatic nitrogens is 2. The quantitative estimate of drug-likeness (QED) is 0.668. The van der Waals surface area contributed by atoms with Gasteiger partial charge < -0.3 is 14.6 Å². The zero-order valence-corrected chi connectivity index (χ0v) is 20.4. The number of hydrogen-bond acceptors (Lipinski definition) is 5. The Balaban J connectivity index is 1.04. The number of nitriles is 1. The fourth-order valence-corrected chi connectivity index (χ4v) is 7.81. The molecule has 1 atom stereocenters. The van der Waals surface area contributed by atoms with Crippen LogP contribution in [0.4, 0.5) is 0 Å². The molecule has 4 bridgehead atoms. The van der Waals surface area contributed by atoms with Gasteiger partial charge in [0.2, 0.25) is 5.91 Å². The maximum absolute atomic E-state index is 13.1. The summed E-state index contributed by atoms with van der Waals surface area (Å²) >= 11 is 0. The molecular formula is C28H35N5O2. The first-order valence-electron chi connectivity index (χ1n) is 13.2. The molecule has 1 unspecified atom stereocenters. The van der Waals surface area contributed by atoms with Crippen molar-refractivity contribution in [3.63, 3.8) is 0 Å². The number of imidazole rings is 1. The van der Waals surface area contributed by atoms with Crippen molar-refractivity contribution in [2.75, 3.05) is 26.2 Å². The number of benzene rings is 1. The van der Waals surface area contributed by atoms with Crippen LogP contribution in [0, 0.1) is 34.5 Å². The fraction of sp³-hybridized carbons (Fsp3) is 0.607. The summed E-state index contributed by atoms with van der Waals surface area (Å²) in [5.74, 6) is 2.53. The Morgan fingerprint density at radius 1 is 1.06 bits per heavy atom. The number of β-amino-alcohol motifs (C(OH)–C–C–N with tert-alkyl or cyclic N) is 1. The van der Waals surface area contributed by atoms with Crippen molar-refractivity contribution in [2.24, 2.45) is 23.2 Å². The predicted molar refractivity (Wildman–Crippen MR) is 131 cm³/mol. The first kappa shape index (κ1) is 22.8. The molecule has 1 N–H and O–H groups in total. The molecule has 184 valence electrons. The predicted octanol–water partition coefficient (Wildman–Crippen LogP) is 3.02. The number of rotatable bonds is 7. The summed E-state index contributed by atoms with van der Waals surface area (Å²) in [5.41, 5.74) is 2.90. The van der Waals surface area contributed by atoms with E-state index >= 15 is 0 Å². The summed E-state index contributed by atoms with van der Waals surface area (Å²) in [6.45, 7) is 3.72. The van der Waals surface area contributed by atoms with Crippen molar-refractivity contribution in [1.29, 1.82) is 5.26 Å². The molecule has 5 fully saturated rings. The lowest BCUT2D eigenvalue weighted by Gasteiger charge is -2.58. The van der Waals surface area contributed by atoms with Crippen molar-refractivity contribution >= 4 is 5.91 Å². The van der Waals surface area contributed by atoms with E-state index in [1.807, 2.05) is 41.7 Å². The molecule has 7 nitrogen and oxygen atoms in total. The molecule has 2 aromatic rings. The largest absolute Gasteiger partial charge is 0.391 e. The van der Waals surface area contributed by atoms with E-state index in [1.54, 1.807) is 0 Å². The molecule has 1 aliphatic heterocycles. The van der Waals surface area contributed by atoms with Crippen LogP contribution in [0.1, 0.15) is 55.3 Å². The van der Waals surface area contributed by atoms with E-state index in [1.165, 1.54) is 38.5 Å². The lowest BCUT2D eigenvalue weighted by atomic mass is 9.48. The van der Waals surface area contributed by atoms with Gasteiger partial charge in [0.25, 0.3) is 0 Å². The molecule has 4 aliphatic carbocycles. The van der Waals surface area contributed by atoms with Crippen molar-refractivity contribution < 1.29 is 9.90 Å². The third kappa shape index (κ3) is 4.50. The number of hydrogen-bond donors (Lipinski definition) is 1. The Morgan fingerprint density at radius 3 is 2.37 bits per heavy atom. The molecule has 4 saturated carbocycles. The highest BCUT2D eigenvalue weighted by Gasteiger charge is 2.54. The van der Waals surface area contributed by atoms with Crippen LogP contribution in [0.5, 0.6) is 0 Å². The van der Waals surface area contributed by atoms with Gasteiger partial charge in [0.1, 0.15) is 0 Å². The standard InChI is InChI=1S/C28H35N5O2/c29-13-20-1-3-21(4-2-20)15-33-19-30-14-25(33)16-31-5-6-32(27(35)18-31)17-26(34)28-10-22-7-23(11-28)9-24(8-22)12-28/h1-4,14,19,22-24,26,34H,5-12,15-18H2. The second-order valence-corrected chi connectivity index (χ2v) is 11.7. The highest BCUT2D eigenvalue weighted by atomic mass is 16.3. The summed E-state index contributed by atoms with van der Waals surface area (Å²) < 4.78 is 2.11. The van der Waals surface area contributed by atoms with Gasteiger partial charge in [-0.3, -0.25) is 9.69 Å².